The Morgan fingerprint density at radius 3 is 1.47 bits per heavy atom. The van der Waals surface area contributed by atoms with E-state index in [0.717, 1.165) is 12.5 Å². The molecule has 0 amide bonds. The van der Waals surface area contributed by atoms with Crippen LogP contribution in [0.1, 0.15) is 23.6 Å². The van der Waals surface area contributed by atoms with Gasteiger partial charge in [-0.3, -0.25) is 0 Å². The molecule has 0 aliphatic rings. The minimum atomic E-state index is -2.56. The van der Waals surface area contributed by atoms with Crippen LogP contribution in [0.2, 0.25) is 6.04 Å². The average molecular weight is 453 g/mol. The van der Waals surface area contributed by atoms with Gasteiger partial charge < -0.3 is 26.6 Å². The molecule has 1 atom stereocenters. The van der Waals surface area contributed by atoms with Gasteiger partial charge in [-0.15, -0.1) is 0 Å². The molecule has 0 heterocycles. The number of benzene rings is 2. The van der Waals surface area contributed by atoms with Crippen LogP contribution in [-0.4, -0.2) is 60.3 Å². The topological polar surface area (TPSA) is 55.4 Å². The van der Waals surface area contributed by atoms with E-state index in [2.05, 4.69) is 31.2 Å². The second-order valence-corrected chi connectivity index (χ2v) is 13.0. The molecule has 8 heteroatoms. The molecule has 0 spiro atoms. The first-order valence-electron chi connectivity index (χ1n) is 9.86. The lowest BCUT2D eigenvalue weighted by molar-refractivity contribution is 0.114. The van der Waals surface area contributed by atoms with Crippen LogP contribution < -0.4 is 0 Å². The fourth-order valence-electron chi connectivity index (χ4n) is 3.22. The molecule has 0 N–H and O–H groups in total. The highest BCUT2D eigenvalue weighted by molar-refractivity contribution is 6.62. The summed E-state index contributed by atoms with van der Waals surface area (Å²) in [5.74, 6) is 0. The highest BCUT2D eigenvalue weighted by Gasteiger charge is 2.45. The minimum absolute atomic E-state index is 0.138. The van der Waals surface area contributed by atoms with E-state index in [9.17, 15) is 0 Å². The molecule has 0 saturated carbocycles. The zero-order valence-corrected chi connectivity index (χ0v) is 21.2. The second-order valence-electron chi connectivity index (χ2n) is 6.63. The molecule has 30 heavy (non-hydrogen) atoms. The van der Waals surface area contributed by atoms with E-state index in [1.54, 1.807) is 42.7 Å². The average Bonchev–Trinajstić information content (AvgIpc) is 2.83. The molecule has 2 aromatic rings. The SMILES string of the molecule is CO[Si](CCc1ccccc1)(OC)OC.CO[Si](OC)(OC)C(C)c1ccccc1. The summed E-state index contributed by atoms with van der Waals surface area (Å²) in [5.41, 5.74) is 2.59. The Balaban J connectivity index is 0.000000300. The zero-order valence-electron chi connectivity index (χ0n) is 19.2. The van der Waals surface area contributed by atoms with Gasteiger partial charge in [-0.25, -0.2) is 0 Å². The first kappa shape index (κ1) is 26.7. The fraction of sp³-hybridized carbons (Fsp3) is 0.455. The Morgan fingerprint density at radius 2 is 1.07 bits per heavy atom. The lowest BCUT2D eigenvalue weighted by atomic mass is 10.2. The molecule has 0 radical (unpaired) electrons. The van der Waals surface area contributed by atoms with Gasteiger partial charge in [-0.05, 0) is 17.5 Å². The maximum absolute atomic E-state index is 5.45. The van der Waals surface area contributed by atoms with Gasteiger partial charge in [0.25, 0.3) is 0 Å². The van der Waals surface area contributed by atoms with Crippen LogP contribution in [0.25, 0.3) is 0 Å². The minimum Gasteiger partial charge on any atom is -0.377 e. The van der Waals surface area contributed by atoms with Gasteiger partial charge in [-0.1, -0.05) is 67.6 Å². The van der Waals surface area contributed by atoms with Crippen molar-refractivity contribution in [1.29, 1.82) is 0 Å². The van der Waals surface area contributed by atoms with Gasteiger partial charge in [0.05, 0.1) is 5.54 Å². The normalized spacial score (nSPS) is 12.8. The summed E-state index contributed by atoms with van der Waals surface area (Å²) in [5, 5.41) is 0. The quantitative estimate of drug-likeness (QED) is 0.474. The molecular weight excluding hydrogens is 416 g/mol. The Kier molecular flexibility index (Phi) is 12.3. The van der Waals surface area contributed by atoms with E-state index in [-0.39, 0.29) is 5.54 Å². The maximum Gasteiger partial charge on any atom is 0.507 e. The predicted molar refractivity (Wildman–Crippen MR) is 123 cm³/mol. The van der Waals surface area contributed by atoms with Crippen molar-refractivity contribution >= 4 is 17.6 Å². The van der Waals surface area contributed by atoms with Gasteiger partial charge in [0.15, 0.2) is 0 Å². The van der Waals surface area contributed by atoms with Crippen LogP contribution in [0.3, 0.4) is 0 Å². The largest absolute Gasteiger partial charge is 0.507 e. The monoisotopic (exact) mass is 452 g/mol. The summed E-state index contributed by atoms with van der Waals surface area (Å²) in [6.07, 6.45) is 0.919. The highest BCUT2D eigenvalue weighted by atomic mass is 28.4. The third kappa shape index (κ3) is 7.40. The van der Waals surface area contributed by atoms with Crippen molar-refractivity contribution in [2.24, 2.45) is 0 Å². The maximum atomic E-state index is 5.45. The molecule has 0 aromatic heterocycles. The van der Waals surface area contributed by atoms with Gasteiger partial charge in [0.1, 0.15) is 0 Å². The van der Waals surface area contributed by atoms with Gasteiger partial charge in [0.2, 0.25) is 0 Å². The second kappa shape index (κ2) is 13.8. The zero-order chi connectivity index (χ0) is 22.5. The molecule has 2 rings (SSSR count). The lowest BCUT2D eigenvalue weighted by Crippen LogP contribution is -2.48. The molecule has 0 aliphatic carbocycles. The van der Waals surface area contributed by atoms with Crippen LogP contribution >= 0.6 is 0 Å². The fourth-order valence-corrected chi connectivity index (χ4v) is 7.09. The molecule has 0 aliphatic heterocycles. The van der Waals surface area contributed by atoms with Crippen molar-refractivity contribution in [3.63, 3.8) is 0 Å². The first-order chi connectivity index (χ1) is 14.5. The molecule has 0 bridgehead atoms. The van der Waals surface area contributed by atoms with E-state index in [1.807, 2.05) is 36.4 Å². The number of hydrogen-bond acceptors (Lipinski definition) is 6. The summed E-state index contributed by atoms with van der Waals surface area (Å²) >= 11 is 0. The third-order valence-corrected chi connectivity index (χ3v) is 11.0. The van der Waals surface area contributed by atoms with Crippen molar-refractivity contribution in [3.05, 3.63) is 71.8 Å². The number of rotatable bonds is 11. The Labute approximate surface area is 183 Å². The van der Waals surface area contributed by atoms with Crippen LogP contribution in [-0.2, 0) is 33.0 Å². The molecular formula is C22H36O6Si2. The smallest absolute Gasteiger partial charge is 0.377 e. The standard InChI is InChI=1S/2C11H18O3Si/c1-10(11-8-6-5-7-9-11)15(12-2,13-3)14-4;1-12-15(13-2,14-3)10-9-11-7-5-4-6-8-11/h5-10H,1-4H3;4-8H,9-10H2,1-3H3. The van der Waals surface area contributed by atoms with E-state index < -0.39 is 17.6 Å². The van der Waals surface area contributed by atoms with E-state index in [4.69, 9.17) is 26.6 Å². The Morgan fingerprint density at radius 1 is 0.633 bits per heavy atom. The highest BCUT2D eigenvalue weighted by Crippen LogP contribution is 2.27. The Bertz CT molecular complexity index is 662. The van der Waals surface area contributed by atoms with E-state index >= 15 is 0 Å². The summed E-state index contributed by atoms with van der Waals surface area (Å²) in [4.78, 5) is 0. The van der Waals surface area contributed by atoms with E-state index in [0.29, 0.717) is 0 Å². The number of aryl methyl sites for hydroxylation is 1. The summed E-state index contributed by atoms with van der Waals surface area (Å²) in [6, 6.07) is 21.2. The molecule has 6 nitrogen and oxygen atoms in total. The Hall–Kier alpha value is -1.37. The third-order valence-electron chi connectivity index (χ3n) is 5.18. The molecule has 0 fully saturated rings. The number of hydrogen-bond donors (Lipinski definition) is 0. The van der Waals surface area contributed by atoms with Crippen molar-refractivity contribution in [2.45, 2.75) is 24.9 Å². The van der Waals surface area contributed by atoms with Crippen LogP contribution in [0.15, 0.2) is 60.7 Å². The van der Waals surface area contributed by atoms with Crippen LogP contribution in [0.5, 0.6) is 0 Å². The van der Waals surface area contributed by atoms with Crippen molar-refractivity contribution in [2.75, 3.05) is 42.7 Å². The summed E-state index contributed by atoms with van der Waals surface area (Å²) in [6.45, 7) is 2.07. The molecule has 1 unspecified atom stereocenters. The van der Waals surface area contributed by atoms with Gasteiger partial charge >= 0.3 is 17.6 Å². The van der Waals surface area contributed by atoms with Crippen LogP contribution in [0.4, 0.5) is 0 Å². The first-order valence-corrected chi connectivity index (χ1v) is 13.6. The van der Waals surface area contributed by atoms with Crippen molar-refractivity contribution in [3.8, 4) is 0 Å². The van der Waals surface area contributed by atoms with Gasteiger partial charge in [0, 0.05) is 48.7 Å². The lowest BCUT2D eigenvalue weighted by Gasteiger charge is -2.30. The molecule has 0 saturated heterocycles. The summed E-state index contributed by atoms with van der Waals surface area (Å²) < 4.78 is 32.4. The predicted octanol–water partition coefficient (Wildman–Crippen LogP) is 4.31. The van der Waals surface area contributed by atoms with Crippen molar-refractivity contribution in [1.82, 2.24) is 0 Å². The molecule has 168 valence electrons. The van der Waals surface area contributed by atoms with E-state index in [1.165, 1.54) is 11.1 Å². The molecule has 2 aromatic carbocycles. The van der Waals surface area contributed by atoms with Crippen molar-refractivity contribution < 1.29 is 26.6 Å². The van der Waals surface area contributed by atoms with Gasteiger partial charge in [-0.2, -0.15) is 0 Å². The van der Waals surface area contributed by atoms with Crippen LogP contribution in [0, 0.1) is 0 Å². The summed E-state index contributed by atoms with van der Waals surface area (Å²) in [7, 11) is 4.88.